The van der Waals surface area contributed by atoms with Gasteiger partial charge in [0.15, 0.2) is 11.0 Å². The van der Waals surface area contributed by atoms with Gasteiger partial charge in [-0.25, -0.2) is 4.98 Å². The first-order chi connectivity index (χ1) is 10.6. The molecule has 114 valence electrons. The maximum Gasteiger partial charge on any atom is 0.216 e. The number of rotatable bonds is 4. The molecule has 0 aromatic carbocycles. The van der Waals surface area contributed by atoms with Crippen LogP contribution in [0.5, 0.6) is 0 Å². The van der Waals surface area contributed by atoms with Crippen LogP contribution >= 0.6 is 23.6 Å². The number of nitrogens with one attached hydrogen (secondary N) is 1. The highest BCUT2D eigenvalue weighted by Crippen LogP contribution is 2.21. The Morgan fingerprint density at radius 2 is 2.27 bits per heavy atom. The van der Waals surface area contributed by atoms with Crippen molar-refractivity contribution in [2.75, 3.05) is 0 Å². The quantitative estimate of drug-likeness (QED) is 0.589. The van der Waals surface area contributed by atoms with E-state index < -0.39 is 0 Å². The van der Waals surface area contributed by atoms with Crippen molar-refractivity contribution in [3.63, 3.8) is 0 Å². The highest BCUT2D eigenvalue weighted by molar-refractivity contribution is 7.71. The summed E-state index contributed by atoms with van der Waals surface area (Å²) in [6, 6.07) is 2.09. The topological polar surface area (TPSA) is 63.8 Å². The van der Waals surface area contributed by atoms with Crippen LogP contribution in [0.1, 0.15) is 29.7 Å². The van der Waals surface area contributed by atoms with Crippen LogP contribution in [0.3, 0.4) is 0 Å². The first-order valence-corrected chi connectivity index (χ1v) is 8.20. The van der Waals surface area contributed by atoms with Crippen molar-refractivity contribution in [3.8, 4) is 5.13 Å². The summed E-state index contributed by atoms with van der Waals surface area (Å²) in [5, 5.41) is 14.3. The van der Waals surface area contributed by atoms with E-state index in [0.717, 1.165) is 34.3 Å². The lowest BCUT2D eigenvalue weighted by Gasteiger charge is -2.04. The summed E-state index contributed by atoms with van der Waals surface area (Å²) in [7, 11) is 0. The average molecular weight is 332 g/mol. The monoisotopic (exact) mass is 332 g/mol. The Morgan fingerprint density at radius 3 is 2.95 bits per heavy atom. The maximum atomic E-state index is 5.20. The number of H-pyrrole nitrogens is 1. The van der Waals surface area contributed by atoms with E-state index in [2.05, 4.69) is 44.8 Å². The van der Waals surface area contributed by atoms with Crippen LogP contribution in [-0.2, 0) is 6.42 Å². The molecule has 22 heavy (non-hydrogen) atoms. The molecule has 3 aromatic heterocycles. The summed E-state index contributed by atoms with van der Waals surface area (Å²) in [5.41, 5.74) is 3.27. The normalized spacial score (nSPS) is 11.6. The fourth-order valence-corrected chi connectivity index (χ4v) is 3.28. The van der Waals surface area contributed by atoms with Gasteiger partial charge in [0, 0.05) is 34.9 Å². The molecule has 1 N–H and O–H groups in total. The van der Waals surface area contributed by atoms with Crippen molar-refractivity contribution in [2.24, 2.45) is 5.10 Å². The Balaban J connectivity index is 2.00. The Hall–Kier alpha value is -2.06. The first kappa shape index (κ1) is 14.9. The van der Waals surface area contributed by atoms with Gasteiger partial charge >= 0.3 is 0 Å². The summed E-state index contributed by atoms with van der Waals surface area (Å²) >= 11 is 6.81. The van der Waals surface area contributed by atoms with Crippen LogP contribution in [0.15, 0.2) is 22.7 Å². The number of aromatic amines is 1. The van der Waals surface area contributed by atoms with Gasteiger partial charge in [-0.05, 0) is 32.1 Å². The van der Waals surface area contributed by atoms with Crippen molar-refractivity contribution in [1.29, 1.82) is 0 Å². The Bertz CT molecular complexity index is 866. The molecule has 0 fully saturated rings. The van der Waals surface area contributed by atoms with Crippen LogP contribution in [0, 0.1) is 18.6 Å². The average Bonchev–Trinajstić information content (AvgIpc) is 3.18. The third-order valence-electron chi connectivity index (χ3n) is 3.43. The lowest BCUT2D eigenvalue weighted by atomic mass is 10.3. The number of hydrogen-bond acceptors (Lipinski definition) is 5. The lowest BCUT2D eigenvalue weighted by Crippen LogP contribution is -2.00. The fraction of sp³-hybridized carbons (Fsp3) is 0.286. The molecule has 0 aliphatic rings. The molecular weight excluding hydrogens is 316 g/mol. The van der Waals surface area contributed by atoms with Crippen molar-refractivity contribution >= 4 is 29.8 Å². The fourth-order valence-electron chi connectivity index (χ4n) is 2.33. The zero-order valence-electron chi connectivity index (χ0n) is 12.6. The summed E-state index contributed by atoms with van der Waals surface area (Å²) in [6.07, 6.45) is 4.39. The molecule has 0 saturated heterocycles. The summed E-state index contributed by atoms with van der Waals surface area (Å²) < 4.78 is 4.29. The van der Waals surface area contributed by atoms with Crippen LogP contribution in [-0.4, -0.2) is 30.6 Å². The van der Waals surface area contributed by atoms with Gasteiger partial charge in [0.05, 0.1) is 6.21 Å². The molecule has 3 heterocycles. The molecule has 0 unspecified atom stereocenters. The minimum atomic E-state index is 0.502. The second-order valence-corrected chi connectivity index (χ2v) is 6.09. The third kappa shape index (κ3) is 2.55. The third-order valence-corrected chi connectivity index (χ3v) is 4.45. The standard InChI is InChI=1S/C14H16N6S2/c1-4-12-17-18-13(21)20(12)16-8-11-7-9(2)19(10(11)3)14-15-5-6-22-14/h5-8H,4H2,1-3H3,(H,18,21)/b16-8-. The second-order valence-electron chi connectivity index (χ2n) is 4.83. The summed E-state index contributed by atoms with van der Waals surface area (Å²) in [6.45, 7) is 6.14. The Kier molecular flexibility index (Phi) is 4.04. The molecule has 0 bridgehead atoms. The highest BCUT2D eigenvalue weighted by Gasteiger charge is 2.11. The number of aryl methyl sites for hydroxylation is 2. The van der Waals surface area contributed by atoms with Crippen molar-refractivity contribution in [2.45, 2.75) is 27.2 Å². The van der Waals surface area contributed by atoms with Crippen molar-refractivity contribution in [1.82, 2.24) is 24.4 Å². The van der Waals surface area contributed by atoms with E-state index in [4.69, 9.17) is 12.2 Å². The van der Waals surface area contributed by atoms with Crippen molar-refractivity contribution in [3.05, 3.63) is 45.2 Å². The van der Waals surface area contributed by atoms with Crippen LogP contribution in [0.2, 0.25) is 0 Å². The van der Waals surface area contributed by atoms with E-state index in [1.807, 2.05) is 24.7 Å². The van der Waals surface area contributed by atoms with Gasteiger partial charge in [-0.1, -0.05) is 6.92 Å². The number of nitrogens with zero attached hydrogens (tertiary/aromatic N) is 5. The molecule has 3 rings (SSSR count). The second kappa shape index (κ2) is 5.98. The minimum absolute atomic E-state index is 0.502. The lowest BCUT2D eigenvalue weighted by molar-refractivity contribution is 0.780. The Labute approximate surface area is 137 Å². The smallest absolute Gasteiger partial charge is 0.216 e. The van der Waals surface area contributed by atoms with E-state index in [-0.39, 0.29) is 0 Å². The van der Waals surface area contributed by atoms with Crippen LogP contribution in [0.25, 0.3) is 5.13 Å². The van der Waals surface area contributed by atoms with E-state index in [0.29, 0.717) is 4.77 Å². The molecule has 0 aliphatic carbocycles. The highest BCUT2D eigenvalue weighted by atomic mass is 32.1. The molecule has 0 atom stereocenters. The van der Waals surface area contributed by atoms with Gasteiger partial charge in [0.25, 0.3) is 0 Å². The predicted molar refractivity (Wildman–Crippen MR) is 90.7 cm³/mol. The van der Waals surface area contributed by atoms with E-state index in [1.165, 1.54) is 0 Å². The van der Waals surface area contributed by atoms with Gasteiger partial charge in [-0.3, -0.25) is 9.67 Å². The van der Waals surface area contributed by atoms with Gasteiger partial charge in [-0.2, -0.15) is 14.9 Å². The molecule has 0 saturated carbocycles. The van der Waals surface area contributed by atoms with E-state index in [1.54, 1.807) is 16.0 Å². The van der Waals surface area contributed by atoms with Gasteiger partial charge in [-0.15, -0.1) is 11.3 Å². The largest absolute Gasteiger partial charge is 0.294 e. The van der Waals surface area contributed by atoms with Crippen molar-refractivity contribution < 1.29 is 0 Å². The molecule has 0 aliphatic heterocycles. The molecule has 0 radical (unpaired) electrons. The van der Waals surface area contributed by atoms with Crippen LogP contribution < -0.4 is 0 Å². The Morgan fingerprint density at radius 1 is 1.45 bits per heavy atom. The number of aromatic nitrogens is 5. The first-order valence-electron chi connectivity index (χ1n) is 6.91. The molecule has 8 heteroatoms. The SMILES string of the molecule is CCc1n[nH]c(=S)n1/N=C\c1cc(C)n(-c2nccs2)c1C. The summed E-state index contributed by atoms with van der Waals surface area (Å²) in [4.78, 5) is 4.37. The number of thiazole rings is 1. The zero-order chi connectivity index (χ0) is 15.7. The van der Waals surface area contributed by atoms with E-state index in [9.17, 15) is 0 Å². The predicted octanol–water partition coefficient (Wildman–Crippen LogP) is 3.25. The van der Waals surface area contributed by atoms with Gasteiger partial charge in [0.1, 0.15) is 0 Å². The van der Waals surface area contributed by atoms with Gasteiger partial charge < -0.3 is 0 Å². The summed E-state index contributed by atoms with van der Waals surface area (Å²) in [5.74, 6) is 0.815. The molecular formula is C14H16N6S2. The zero-order valence-corrected chi connectivity index (χ0v) is 14.2. The minimum Gasteiger partial charge on any atom is -0.294 e. The molecule has 0 amide bonds. The maximum absolute atomic E-state index is 5.20. The molecule has 6 nitrogen and oxygen atoms in total. The van der Waals surface area contributed by atoms with Crippen LogP contribution in [0.4, 0.5) is 0 Å². The van der Waals surface area contributed by atoms with Gasteiger partial charge in [0.2, 0.25) is 4.77 Å². The van der Waals surface area contributed by atoms with E-state index >= 15 is 0 Å². The molecule has 3 aromatic rings. The number of hydrogen-bond donors (Lipinski definition) is 1. The molecule has 0 spiro atoms.